The number of halogens is 1. The third kappa shape index (κ3) is 8.53. The molecule has 0 bridgehead atoms. The van der Waals surface area contributed by atoms with E-state index >= 15 is 0 Å². The van der Waals surface area contributed by atoms with Crippen LogP contribution in [0.3, 0.4) is 0 Å². The number of aliphatic hydroxyl groups is 1. The predicted octanol–water partition coefficient (Wildman–Crippen LogP) is 2.00. The lowest BCUT2D eigenvalue weighted by Crippen LogP contribution is -2.39. The van der Waals surface area contributed by atoms with Gasteiger partial charge in [0.2, 0.25) is 0 Å². The van der Waals surface area contributed by atoms with Crippen LogP contribution in [-0.2, 0) is 15.1 Å². The lowest BCUT2D eigenvalue weighted by atomic mass is 10.0. The van der Waals surface area contributed by atoms with Gasteiger partial charge in [0.05, 0.1) is 19.4 Å². The molecule has 0 aliphatic rings. The fraction of sp³-hybridized carbons (Fsp3) is 0.625. The number of guanidine groups is 1. The second kappa shape index (κ2) is 12.1. The fourth-order valence-corrected chi connectivity index (χ4v) is 1.91. The Morgan fingerprint density at radius 1 is 1.42 bits per heavy atom. The van der Waals surface area contributed by atoms with Gasteiger partial charge < -0.3 is 24.9 Å². The molecule has 0 aliphatic carbocycles. The highest BCUT2D eigenvalue weighted by atomic mass is 127. The number of nitrogens with one attached hydrogen (secondary N) is 2. The number of furan rings is 1. The first kappa shape index (κ1) is 22.7. The molecule has 0 aromatic carbocycles. The summed E-state index contributed by atoms with van der Waals surface area (Å²) in [6, 6.07) is 3.45. The highest BCUT2D eigenvalue weighted by Crippen LogP contribution is 2.20. The molecule has 0 spiro atoms. The molecule has 0 saturated heterocycles. The van der Waals surface area contributed by atoms with Crippen molar-refractivity contribution < 1.29 is 19.1 Å². The Labute approximate surface area is 160 Å². The van der Waals surface area contributed by atoms with Gasteiger partial charge in [-0.1, -0.05) is 0 Å². The van der Waals surface area contributed by atoms with Crippen molar-refractivity contribution in [2.24, 2.45) is 4.99 Å². The molecular formula is C16H28IN3O4. The molecule has 3 N–H and O–H groups in total. The minimum absolute atomic E-state index is 0. The monoisotopic (exact) mass is 453 g/mol. The van der Waals surface area contributed by atoms with Gasteiger partial charge in [0.1, 0.15) is 11.4 Å². The van der Waals surface area contributed by atoms with Crippen LogP contribution in [0.25, 0.3) is 0 Å². The minimum Gasteiger partial charge on any atom is -0.466 e. The second-order valence-electron chi connectivity index (χ2n) is 5.28. The summed E-state index contributed by atoms with van der Waals surface area (Å²) in [4.78, 5) is 15.6. The van der Waals surface area contributed by atoms with E-state index in [1.54, 1.807) is 26.0 Å². The molecule has 1 heterocycles. The van der Waals surface area contributed by atoms with E-state index in [0.29, 0.717) is 44.3 Å². The number of aliphatic imine (C=N–C) groups is 1. The molecule has 0 radical (unpaired) electrons. The van der Waals surface area contributed by atoms with Gasteiger partial charge in [0, 0.05) is 19.5 Å². The lowest BCUT2D eigenvalue weighted by molar-refractivity contribution is -0.143. The number of nitrogens with zero attached hydrogens (tertiary/aromatic N) is 1. The van der Waals surface area contributed by atoms with Gasteiger partial charge in [0.25, 0.3) is 0 Å². The smallest absolute Gasteiger partial charge is 0.305 e. The van der Waals surface area contributed by atoms with E-state index in [4.69, 9.17) is 9.15 Å². The van der Waals surface area contributed by atoms with Crippen molar-refractivity contribution in [3.05, 3.63) is 24.2 Å². The standard InChI is InChI=1S/C16H27N3O4.HI/c1-4-17-15(18-10-6-9-14(20)22-5-2)19-12-16(3,21)13-8-7-11-23-13;/h7-8,11,21H,4-6,9-10,12H2,1-3H3,(H2,17,18,19);1H. The van der Waals surface area contributed by atoms with Crippen LogP contribution in [-0.4, -0.2) is 43.3 Å². The molecule has 0 amide bonds. The Kier molecular flexibility index (Phi) is 11.5. The quantitative estimate of drug-likeness (QED) is 0.174. The summed E-state index contributed by atoms with van der Waals surface area (Å²) in [7, 11) is 0. The lowest BCUT2D eigenvalue weighted by Gasteiger charge is -2.19. The van der Waals surface area contributed by atoms with Crippen molar-refractivity contribution in [1.29, 1.82) is 0 Å². The van der Waals surface area contributed by atoms with E-state index < -0.39 is 5.60 Å². The molecule has 8 heteroatoms. The third-order valence-corrected chi connectivity index (χ3v) is 3.10. The largest absolute Gasteiger partial charge is 0.466 e. The van der Waals surface area contributed by atoms with Crippen molar-refractivity contribution in [3.63, 3.8) is 0 Å². The average molecular weight is 453 g/mol. The van der Waals surface area contributed by atoms with Crippen LogP contribution in [0.4, 0.5) is 0 Å². The molecular weight excluding hydrogens is 425 g/mol. The van der Waals surface area contributed by atoms with Gasteiger partial charge in [-0.05, 0) is 39.3 Å². The topological polar surface area (TPSA) is 96.1 Å². The van der Waals surface area contributed by atoms with Crippen molar-refractivity contribution in [2.45, 2.75) is 39.2 Å². The van der Waals surface area contributed by atoms with E-state index in [1.807, 2.05) is 6.92 Å². The molecule has 1 aromatic heterocycles. The summed E-state index contributed by atoms with van der Waals surface area (Å²) in [5.74, 6) is 0.861. The van der Waals surface area contributed by atoms with Crippen LogP contribution >= 0.6 is 24.0 Å². The highest BCUT2D eigenvalue weighted by Gasteiger charge is 2.25. The highest BCUT2D eigenvalue weighted by molar-refractivity contribution is 14.0. The van der Waals surface area contributed by atoms with E-state index in [2.05, 4.69) is 15.6 Å². The zero-order valence-corrected chi connectivity index (χ0v) is 16.8. The zero-order chi connectivity index (χ0) is 17.1. The molecule has 1 atom stereocenters. The van der Waals surface area contributed by atoms with Crippen molar-refractivity contribution >= 4 is 35.9 Å². The molecule has 0 aliphatic heterocycles. The SMILES string of the molecule is CCNC(=NCC(C)(O)c1ccco1)NCCCC(=O)OCC.I. The van der Waals surface area contributed by atoms with E-state index in [-0.39, 0.29) is 36.5 Å². The first-order chi connectivity index (χ1) is 11.0. The molecule has 1 aromatic rings. The van der Waals surface area contributed by atoms with Gasteiger partial charge in [-0.15, -0.1) is 24.0 Å². The summed E-state index contributed by atoms with van der Waals surface area (Å²) in [6.45, 7) is 7.25. The number of ether oxygens (including phenoxy) is 1. The zero-order valence-electron chi connectivity index (χ0n) is 14.5. The normalized spacial score (nSPS) is 13.6. The van der Waals surface area contributed by atoms with Crippen molar-refractivity contribution in [2.75, 3.05) is 26.2 Å². The number of hydrogen-bond acceptors (Lipinski definition) is 5. The van der Waals surface area contributed by atoms with Crippen molar-refractivity contribution in [3.8, 4) is 0 Å². The van der Waals surface area contributed by atoms with Gasteiger partial charge in [0.15, 0.2) is 5.96 Å². The summed E-state index contributed by atoms with van der Waals surface area (Å²) in [5, 5.41) is 16.6. The van der Waals surface area contributed by atoms with Crippen molar-refractivity contribution in [1.82, 2.24) is 10.6 Å². The molecule has 1 unspecified atom stereocenters. The van der Waals surface area contributed by atoms with E-state index in [0.717, 1.165) is 0 Å². The molecule has 24 heavy (non-hydrogen) atoms. The van der Waals surface area contributed by atoms with Crippen LogP contribution in [0.5, 0.6) is 0 Å². The Hall–Kier alpha value is -1.29. The Morgan fingerprint density at radius 2 is 2.17 bits per heavy atom. The fourth-order valence-electron chi connectivity index (χ4n) is 1.91. The Balaban J connectivity index is 0.00000529. The predicted molar refractivity (Wildman–Crippen MR) is 104 cm³/mol. The molecule has 0 fully saturated rings. The molecule has 0 saturated carbocycles. The maximum Gasteiger partial charge on any atom is 0.305 e. The van der Waals surface area contributed by atoms with E-state index in [9.17, 15) is 9.90 Å². The number of hydrogen-bond donors (Lipinski definition) is 3. The van der Waals surface area contributed by atoms with Crippen LogP contribution in [0, 0.1) is 0 Å². The maximum absolute atomic E-state index is 11.3. The van der Waals surface area contributed by atoms with Gasteiger partial charge >= 0.3 is 5.97 Å². The number of carbonyl (C=O) groups is 1. The summed E-state index contributed by atoms with van der Waals surface area (Å²) >= 11 is 0. The van der Waals surface area contributed by atoms with E-state index in [1.165, 1.54) is 6.26 Å². The number of rotatable bonds is 9. The third-order valence-electron chi connectivity index (χ3n) is 3.10. The first-order valence-corrected chi connectivity index (χ1v) is 7.93. The maximum atomic E-state index is 11.3. The first-order valence-electron chi connectivity index (χ1n) is 7.93. The molecule has 138 valence electrons. The Bertz CT molecular complexity index is 490. The summed E-state index contributed by atoms with van der Waals surface area (Å²) in [6.07, 6.45) is 2.54. The number of esters is 1. The molecule has 1 rings (SSSR count). The van der Waals surface area contributed by atoms with Crippen LogP contribution < -0.4 is 10.6 Å². The van der Waals surface area contributed by atoms with Gasteiger partial charge in [-0.25, -0.2) is 4.99 Å². The van der Waals surface area contributed by atoms with Gasteiger partial charge in [-0.3, -0.25) is 4.79 Å². The minimum atomic E-state index is -1.17. The van der Waals surface area contributed by atoms with Crippen LogP contribution in [0.15, 0.2) is 27.8 Å². The Morgan fingerprint density at radius 3 is 2.75 bits per heavy atom. The number of carbonyl (C=O) groups excluding carboxylic acids is 1. The van der Waals surface area contributed by atoms with Crippen LogP contribution in [0.2, 0.25) is 0 Å². The van der Waals surface area contributed by atoms with Gasteiger partial charge in [-0.2, -0.15) is 0 Å². The summed E-state index contributed by atoms with van der Waals surface area (Å²) < 4.78 is 10.1. The molecule has 7 nitrogen and oxygen atoms in total. The average Bonchev–Trinajstić information content (AvgIpc) is 3.04. The van der Waals surface area contributed by atoms with Crippen LogP contribution in [0.1, 0.15) is 39.4 Å². The summed E-state index contributed by atoms with van der Waals surface area (Å²) in [5.41, 5.74) is -1.17. The second-order valence-corrected chi connectivity index (χ2v) is 5.28.